The van der Waals surface area contributed by atoms with Gasteiger partial charge in [-0.25, -0.2) is 9.97 Å². The molecule has 1 N–H and O–H groups in total. The Bertz CT molecular complexity index is 645. The number of aromatic nitrogens is 3. The van der Waals surface area contributed by atoms with Crippen molar-refractivity contribution in [2.24, 2.45) is 0 Å². The third kappa shape index (κ3) is 2.12. The number of rotatable bonds is 3. The molecule has 0 aliphatic carbocycles. The van der Waals surface area contributed by atoms with Crippen LogP contribution in [0.5, 0.6) is 0 Å². The predicted octanol–water partition coefficient (Wildman–Crippen LogP) is 3.37. The first-order chi connectivity index (χ1) is 8.86. The highest BCUT2D eigenvalue weighted by Gasteiger charge is 2.09. The van der Waals surface area contributed by atoms with Crippen molar-refractivity contribution in [1.82, 2.24) is 15.0 Å². The lowest BCUT2D eigenvalue weighted by Gasteiger charge is -1.92. The van der Waals surface area contributed by atoms with Crippen molar-refractivity contribution >= 4 is 27.8 Å². The second-order valence-electron chi connectivity index (χ2n) is 3.53. The van der Waals surface area contributed by atoms with Gasteiger partial charge >= 0.3 is 0 Å². The van der Waals surface area contributed by atoms with E-state index in [4.69, 9.17) is 0 Å². The molecule has 0 radical (unpaired) electrons. The third-order valence-electron chi connectivity index (χ3n) is 2.36. The molecule has 3 aromatic rings. The van der Waals surface area contributed by atoms with Crippen LogP contribution in [0.3, 0.4) is 0 Å². The van der Waals surface area contributed by atoms with Gasteiger partial charge in [0.1, 0.15) is 5.01 Å². The van der Waals surface area contributed by atoms with E-state index in [0.717, 1.165) is 26.4 Å². The Labute approximate surface area is 112 Å². The summed E-state index contributed by atoms with van der Waals surface area (Å²) in [5.41, 5.74) is 1.86. The van der Waals surface area contributed by atoms with Gasteiger partial charge in [-0.2, -0.15) is 0 Å². The number of thiazole rings is 2. The Morgan fingerprint density at radius 2 is 2.11 bits per heavy atom. The minimum Gasteiger partial charge on any atom is -0.365 e. The van der Waals surface area contributed by atoms with E-state index >= 15 is 0 Å². The van der Waals surface area contributed by atoms with Crippen LogP contribution in [0.4, 0.5) is 5.13 Å². The standard InChI is InChI=1S/C12H10N4S2/c1-13-12-16-9(7-17-12)10-6-15-11(18-10)8-4-2-3-5-14-8/h2-7H,1H3,(H,13,16). The maximum Gasteiger partial charge on any atom is 0.182 e. The van der Waals surface area contributed by atoms with Crippen molar-refractivity contribution in [2.45, 2.75) is 0 Å². The summed E-state index contributed by atoms with van der Waals surface area (Å²) < 4.78 is 0. The minimum atomic E-state index is 0.901. The van der Waals surface area contributed by atoms with Crippen LogP contribution in [0.25, 0.3) is 21.3 Å². The fourth-order valence-corrected chi connectivity index (χ4v) is 3.10. The van der Waals surface area contributed by atoms with Crippen molar-refractivity contribution in [2.75, 3.05) is 12.4 Å². The fourth-order valence-electron chi connectivity index (χ4n) is 1.50. The second kappa shape index (κ2) is 4.83. The highest BCUT2D eigenvalue weighted by atomic mass is 32.1. The Hall–Kier alpha value is -1.79. The summed E-state index contributed by atoms with van der Waals surface area (Å²) in [4.78, 5) is 14.2. The number of pyridine rings is 1. The molecule has 0 fully saturated rings. The maximum atomic E-state index is 4.46. The first-order valence-corrected chi connectivity index (χ1v) is 7.07. The fraction of sp³-hybridized carbons (Fsp3) is 0.0833. The zero-order valence-corrected chi connectivity index (χ0v) is 11.3. The van der Waals surface area contributed by atoms with Gasteiger partial charge < -0.3 is 5.32 Å². The quantitative estimate of drug-likeness (QED) is 0.795. The van der Waals surface area contributed by atoms with Crippen molar-refractivity contribution in [3.8, 4) is 21.3 Å². The minimum absolute atomic E-state index is 0.901. The summed E-state index contributed by atoms with van der Waals surface area (Å²) in [6.07, 6.45) is 3.63. The number of anilines is 1. The SMILES string of the molecule is CNc1nc(-c2cnc(-c3ccccn3)s2)cs1. The van der Waals surface area contributed by atoms with Crippen molar-refractivity contribution < 1.29 is 0 Å². The highest BCUT2D eigenvalue weighted by Crippen LogP contribution is 2.32. The largest absolute Gasteiger partial charge is 0.365 e. The molecule has 18 heavy (non-hydrogen) atoms. The lowest BCUT2D eigenvalue weighted by Crippen LogP contribution is -1.84. The monoisotopic (exact) mass is 274 g/mol. The van der Waals surface area contributed by atoms with Crippen LogP contribution in [-0.4, -0.2) is 22.0 Å². The average Bonchev–Trinajstić information content (AvgIpc) is 3.08. The summed E-state index contributed by atoms with van der Waals surface area (Å²) in [5.74, 6) is 0. The number of nitrogens with zero attached hydrogens (tertiary/aromatic N) is 3. The average molecular weight is 274 g/mol. The smallest absolute Gasteiger partial charge is 0.182 e. The van der Waals surface area contributed by atoms with Crippen molar-refractivity contribution in [1.29, 1.82) is 0 Å². The second-order valence-corrected chi connectivity index (χ2v) is 5.42. The van der Waals surface area contributed by atoms with Crippen LogP contribution in [0.1, 0.15) is 0 Å². The van der Waals surface area contributed by atoms with Gasteiger partial charge in [0.25, 0.3) is 0 Å². The first kappa shape index (κ1) is 11.3. The van der Waals surface area contributed by atoms with E-state index < -0.39 is 0 Å². The molecule has 0 spiro atoms. The molecule has 0 unspecified atom stereocenters. The molecule has 0 aromatic carbocycles. The van der Waals surface area contributed by atoms with E-state index in [-0.39, 0.29) is 0 Å². The molecule has 3 aromatic heterocycles. The van der Waals surface area contributed by atoms with Gasteiger partial charge in [-0.3, -0.25) is 4.98 Å². The molecule has 0 amide bonds. The van der Waals surface area contributed by atoms with Gasteiger partial charge in [0, 0.05) is 24.8 Å². The van der Waals surface area contributed by atoms with E-state index in [1.165, 1.54) is 0 Å². The van der Waals surface area contributed by atoms with E-state index in [1.807, 2.05) is 36.8 Å². The third-order valence-corrected chi connectivity index (χ3v) is 4.26. The number of hydrogen-bond acceptors (Lipinski definition) is 6. The highest BCUT2D eigenvalue weighted by molar-refractivity contribution is 7.19. The Morgan fingerprint density at radius 1 is 1.17 bits per heavy atom. The number of hydrogen-bond donors (Lipinski definition) is 1. The van der Waals surface area contributed by atoms with E-state index in [9.17, 15) is 0 Å². The molecule has 3 rings (SSSR count). The summed E-state index contributed by atoms with van der Waals surface area (Å²) in [6.45, 7) is 0. The summed E-state index contributed by atoms with van der Waals surface area (Å²) in [5, 5.41) is 6.90. The topological polar surface area (TPSA) is 50.7 Å². The van der Waals surface area contributed by atoms with Crippen LogP contribution in [0.15, 0.2) is 36.0 Å². The summed E-state index contributed by atoms with van der Waals surface area (Å²) in [7, 11) is 1.87. The number of nitrogens with one attached hydrogen (secondary N) is 1. The van der Waals surface area contributed by atoms with Crippen molar-refractivity contribution in [3.63, 3.8) is 0 Å². The van der Waals surface area contributed by atoms with Gasteiger partial charge in [-0.1, -0.05) is 6.07 Å². The molecule has 4 nitrogen and oxygen atoms in total. The van der Waals surface area contributed by atoms with Gasteiger partial charge in [0.2, 0.25) is 0 Å². The summed E-state index contributed by atoms with van der Waals surface area (Å²) >= 11 is 3.20. The van der Waals surface area contributed by atoms with Crippen LogP contribution >= 0.6 is 22.7 Å². The lowest BCUT2D eigenvalue weighted by molar-refractivity contribution is 1.29. The van der Waals surface area contributed by atoms with Gasteiger partial charge in [0.05, 0.1) is 16.3 Å². The maximum absolute atomic E-state index is 4.46. The molecule has 90 valence electrons. The zero-order valence-electron chi connectivity index (χ0n) is 9.62. The lowest BCUT2D eigenvalue weighted by atomic mass is 10.4. The Balaban J connectivity index is 1.94. The van der Waals surface area contributed by atoms with Gasteiger partial charge in [0.15, 0.2) is 5.13 Å². The van der Waals surface area contributed by atoms with Crippen LogP contribution in [0, 0.1) is 0 Å². The molecular formula is C12H10N4S2. The Kier molecular flexibility index (Phi) is 3.04. The van der Waals surface area contributed by atoms with Gasteiger partial charge in [-0.05, 0) is 12.1 Å². The van der Waals surface area contributed by atoms with Crippen molar-refractivity contribution in [3.05, 3.63) is 36.0 Å². The zero-order chi connectivity index (χ0) is 12.4. The molecule has 0 aliphatic heterocycles. The van der Waals surface area contributed by atoms with Crippen LogP contribution < -0.4 is 5.32 Å². The molecule has 0 bridgehead atoms. The van der Waals surface area contributed by atoms with Crippen LogP contribution in [0.2, 0.25) is 0 Å². The predicted molar refractivity (Wildman–Crippen MR) is 76.0 cm³/mol. The summed E-state index contributed by atoms with van der Waals surface area (Å²) in [6, 6.07) is 5.83. The van der Waals surface area contributed by atoms with Crippen LogP contribution in [-0.2, 0) is 0 Å². The molecule has 0 saturated carbocycles. The van der Waals surface area contributed by atoms with E-state index in [2.05, 4.69) is 20.3 Å². The molecule has 0 aliphatic rings. The molecule has 0 saturated heterocycles. The Morgan fingerprint density at radius 3 is 2.83 bits per heavy atom. The van der Waals surface area contributed by atoms with E-state index in [0.29, 0.717) is 0 Å². The normalized spacial score (nSPS) is 10.5. The molecular weight excluding hydrogens is 264 g/mol. The molecule has 6 heteroatoms. The molecule has 0 atom stereocenters. The van der Waals surface area contributed by atoms with Gasteiger partial charge in [-0.15, -0.1) is 22.7 Å². The first-order valence-electron chi connectivity index (χ1n) is 5.37. The van der Waals surface area contributed by atoms with E-state index in [1.54, 1.807) is 28.9 Å². The molecule has 3 heterocycles.